The van der Waals surface area contributed by atoms with Crippen LogP contribution in [0.15, 0.2) is 30.5 Å². The predicted molar refractivity (Wildman–Crippen MR) is 104 cm³/mol. The number of carbonyl (C=O) groups is 1. The number of hydrogen-bond donors (Lipinski definition) is 1. The van der Waals surface area contributed by atoms with E-state index in [2.05, 4.69) is 29.0 Å². The smallest absolute Gasteiger partial charge is 0.251 e. The van der Waals surface area contributed by atoms with Gasteiger partial charge in [-0.3, -0.25) is 4.79 Å². The van der Waals surface area contributed by atoms with Gasteiger partial charge in [0, 0.05) is 30.4 Å². The molecule has 0 bridgehead atoms. The first-order chi connectivity index (χ1) is 13.4. The maximum atomic E-state index is 13.1. The molecule has 2 aliphatic rings. The Morgan fingerprint density at radius 3 is 2.68 bits per heavy atom. The summed E-state index contributed by atoms with van der Waals surface area (Å²) in [5.74, 6) is 0.152. The Hall–Kier alpha value is -2.54. The van der Waals surface area contributed by atoms with E-state index in [4.69, 9.17) is 9.72 Å². The fraction of sp³-hybridized carbons (Fsp3) is 0.476. The molecule has 0 saturated carbocycles. The number of hydrogen-bond acceptors (Lipinski definition) is 5. The van der Waals surface area contributed by atoms with Crippen LogP contribution in [0.1, 0.15) is 47.9 Å². The predicted octanol–water partition coefficient (Wildman–Crippen LogP) is 2.90. The monoisotopic (exact) mass is 384 g/mol. The molecule has 1 N–H and O–H groups in total. The first-order valence-electron chi connectivity index (χ1n) is 9.66. The molecule has 1 saturated heterocycles. The second kappa shape index (κ2) is 7.47. The fourth-order valence-corrected chi connectivity index (χ4v) is 3.92. The zero-order valence-corrected chi connectivity index (χ0v) is 16.2. The number of benzene rings is 1. The number of aromatic nitrogens is 2. The molecule has 1 aliphatic heterocycles. The number of amides is 1. The van der Waals surface area contributed by atoms with Crippen LogP contribution in [0.2, 0.25) is 0 Å². The molecule has 28 heavy (non-hydrogen) atoms. The Kier molecular flexibility index (Phi) is 5.02. The normalized spacial score (nSPS) is 21.1. The highest BCUT2D eigenvalue weighted by Crippen LogP contribution is 2.40. The van der Waals surface area contributed by atoms with E-state index in [0.29, 0.717) is 18.8 Å². The summed E-state index contributed by atoms with van der Waals surface area (Å²) in [6.07, 6.45) is 3.48. The van der Waals surface area contributed by atoms with E-state index in [-0.39, 0.29) is 23.2 Å². The Balaban J connectivity index is 1.59. The summed E-state index contributed by atoms with van der Waals surface area (Å²) in [6, 6.07) is 5.42. The molecular formula is C21H25FN4O2. The topological polar surface area (TPSA) is 67.3 Å². The third kappa shape index (κ3) is 3.99. The number of fused-ring (bicyclic) bond motifs is 1. The number of anilines is 1. The van der Waals surface area contributed by atoms with Gasteiger partial charge in [-0.1, -0.05) is 13.8 Å². The van der Waals surface area contributed by atoms with Crippen molar-refractivity contribution in [3.63, 3.8) is 0 Å². The molecule has 148 valence electrons. The van der Waals surface area contributed by atoms with Gasteiger partial charge in [0.2, 0.25) is 5.95 Å². The maximum absolute atomic E-state index is 13.1. The molecule has 7 heteroatoms. The van der Waals surface area contributed by atoms with E-state index < -0.39 is 0 Å². The van der Waals surface area contributed by atoms with E-state index in [9.17, 15) is 9.18 Å². The Morgan fingerprint density at radius 1 is 1.25 bits per heavy atom. The summed E-state index contributed by atoms with van der Waals surface area (Å²) >= 11 is 0. The Labute approximate surface area is 164 Å². The highest BCUT2D eigenvalue weighted by molar-refractivity contribution is 5.94. The SMILES string of the molecule is CC1(C)Cc2nc(N3CCOCC3)ncc2[C@H](NC(=O)c2ccc(F)cc2)C1. The van der Waals surface area contributed by atoms with Crippen LogP contribution in [0.25, 0.3) is 0 Å². The number of nitrogens with zero attached hydrogens (tertiary/aromatic N) is 3. The van der Waals surface area contributed by atoms with Gasteiger partial charge in [-0.15, -0.1) is 0 Å². The molecule has 1 aromatic carbocycles. The van der Waals surface area contributed by atoms with Crippen molar-refractivity contribution in [1.29, 1.82) is 0 Å². The van der Waals surface area contributed by atoms with Crippen LogP contribution in [-0.4, -0.2) is 42.2 Å². The second-order valence-corrected chi connectivity index (χ2v) is 8.25. The van der Waals surface area contributed by atoms with Gasteiger partial charge in [0.25, 0.3) is 5.91 Å². The summed E-state index contributed by atoms with van der Waals surface area (Å²) < 4.78 is 18.5. The number of ether oxygens (including phenoxy) is 1. The molecular weight excluding hydrogens is 359 g/mol. The van der Waals surface area contributed by atoms with Crippen molar-refractivity contribution in [2.24, 2.45) is 5.41 Å². The molecule has 6 nitrogen and oxygen atoms in total. The van der Waals surface area contributed by atoms with Crippen molar-refractivity contribution in [1.82, 2.24) is 15.3 Å². The molecule has 1 amide bonds. The highest BCUT2D eigenvalue weighted by Gasteiger charge is 2.35. The minimum Gasteiger partial charge on any atom is -0.378 e. The quantitative estimate of drug-likeness (QED) is 0.881. The van der Waals surface area contributed by atoms with E-state index in [1.807, 2.05) is 6.20 Å². The first-order valence-corrected chi connectivity index (χ1v) is 9.66. The molecule has 0 spiro atoms. The average Bonchev–Trinajstić information content (AvgIpc) is 2.68. The maximum Gasteiger partial charge on any atom is 0.251 e. The minimum absolute atomic E-state index is 0.00434. The van der Waals surface area contributed by atoms with Crippen molar-refractivity contribution < 1.29 is 13.9 Å². The number of morpholine rings is 1. The fourth-order valence-electron chi connectivity index (χ4n) is 3.92. The lowest BCUT2D eigenvalue weighted by molar-refractivity contribution is 0.0918. The molecule has 2 aromatic rings. The van der Waals surface area contributed by atoms with E-state index >= 15 is 0 Å². The number of halogens is 1. The Bertz CT molecular complexity index is 863. The first kappa shape index (κ1) is 18.8. The van der Waals surface area contributed by atoms with Gasteiger partial charge in [0.1, 0.15) is 5.82 Å². The van der Waals surface area contributed by atoms with Crippen molar-refractivity contribution in [2.75, 3.05) is 31.2 Å². The van der Waals surface area contributed by atoms with E-state index in [1.54, 1.807) is 0 Å². The molecule has 0 unspecified atom stereocenters. The van der Waals surface area contributed by atoms with Gasteiger partial charge in [-0.05, 0) is 42.5 Å². The summed E-state index contributed by atoms with van der Waals surface area (Å²) in [5, 5.41) is 3.09. The lowest BCUT2D eigenvalue weighted by atomic mass is 9.74. The van der Waals surface area contributed by atoms with Crippen LogP contribution in [0.3, 0.4) is 0 Å². The lowest BCUT2D eigenvalue weighted by Gasteiger charge is -2.37. The average molecular weight is 384 g/mol. The zero-order chi connectivity index (χ0) is 19.7. The van der Waals surface area contributed by atoms with Gasteiger partial charge in [0.05, 0.1) is 24.9 Å². The van der Waals surface area contributed by atoms with Crippen LogP contribution in [-0.2, 0) is 11.2 Å². The molecule has 0 radical (unpaired) electrons. The van der Waals surface area contributed by atoms with Gasteiger partial charge in [-0.25, -0.2) is 14.4 Å². The van der Waals surface area contributed by atoms with Gasteiger partial charge in [0.15, 0.2) is 0 Å². The van der Waals surface area contributed by atoms with Crippen molar-refractivity contribution in [3.8, 4) is 0 Å². The van der Waals surface area contributed by atoms with Gasteiger partial charge >= 0.3 is 0 Å². The third-order valence-corrected chi connectivity index (χ3v) is 5.37. The summed E-state index contributed by atoms with van der Waals surface area (Å²) in [6.45, 7) is 7.30. The summed E-state index contributed by atoms with van der Waals surface area (Å²) in [5.41, 5.74) is 2.39. The van der Waals surface area contributed by atoms with Crippen molar-refractivity contribution >= 4 is 11.9 Å². The standard InChI is InChI=1S/C21H25FN4O2/c1-21(2)11-17(24-19(27)14-3-5-15(22)6-4-14)16-13-23-20(25-18(16)12-21)26-7-9-28-10-8-26/h3-6,13,17H,7-12H2,1-2H3,(H,24,27)/t17-/m1/s1. The number of rotatable bonds is 3. The lowest BCUT2D eigenvalue weighted by Crippen LogP contribution is -2.39. The molecule has 1 fully saturated rings. The minimum atomic E-state index is -0.357. The number of carbonyl (C=O) groups excluding carboxylic acids is 1. The van der Waals surface area contributed by atoms with Gasteiger partial charge < -0.3 is 15.0 Å². The second-order valence-electron chi connectivity index (χ2n) is 8.25. The molecule has 4 rings (SSSR count). The van der Waals surface area contributed by atoms with E-state index in [1.165, 1.54) is 24.3 Å². The van der Waals surface area contributed by atoms with Crippen molar-refractivity contribution in [2.45, 2.75) is 32.7 Å². The van der Waals surface area contributed by atoms with E-state index in [0.717, 1.165) is 43.1 Å². The van der Waals surface area contributed by atoms with Crippen LogP contribution in [0, 0.1) is 11.2 Å². The largest absolute Gasteiger partial charge is 0.378 e. The molecule has 1 atom stereocenters. The molecule has 2 heterocycles. The Morgan fingerprint density at radius 2 is 1.96 bits per heavy atom. The molecule has 1 aliphatic carbocycles. The van der Waals surface area contributed by atoms with Crippen LogP contribution in [0.5, 0.6) is 0 Å². The zero-order valence-electron chi connectivity index (χ0n) is 16.2. The summed E-state index contributed by atoms with van der Waals surface area (Å²) in [7, 11) is 0. The van der Waals surface area contributed by atoms with Crippen molar-refractivity contribution in [3.05, 3.63) is 53.1 Å². The van der Waals surface area contributed by atoms with Gasteiger partial charge in [-0.2, -0.15) is 0 Å². The van der Waals surface area contributed by atoms with Crippen LogP contribution >= 0.6 is 0 Å². The van der Waals surface area contributed by atoms with Crippen LogP contribution in [0.4, 0.5) is 10.3 Å². The third-order valence-electron chi connectivity index (χ3n) is 5.37. The molecule has 1 aromatic heterocycles. The summed E-state index contributed by atoms with van der Waals surface area (Å²) in [4.78, 5) is 24.2. The number of nitrogens with one attached hydrogen (secondary N) is 1. The van der Waals surface area contributed by atoms with Crippen LogP contribution < -0.4 is 10.2 Å². The highest BCUT2D eigenvalue weighted by atomic mass is 19.1.